The maximum absolute atomic E-state index is 12.5. The molecule has 0 aromatic carbocycles. The van der Waals surface area contributed by atoms with Crippen LogP contribution in [-0.2, 0) is 6.54 Å². The van der Waals surface area contributed by atoms with Crippen LogP contribution in [-0.4, -0.2) is 38.8 Å². The Morgan fingerprint density at radius 3 is 2.71 bits per heavy atom. The molecule has 0 aliphatic carbocycles. The van der Waals surface area contributed by atoms with Crippen LogP contribution >= 0.6 is 0 Å². The van der Waals surface area contributed by atoms with Crippen LogP contribution in [0.4, 0.5) is 13.2 Å². The number of allylic oxidation sites excluding steroid dienone is 1. The van der Waals surface area contributed by atoms with E-state index in [-0.39, 0.29) is 5.69 Å². The fourth-order valence-corrected chi connectivity index (χ4v) is 2.08. The summed E-state index contributed by atoms with van der Waals surface area (Å²) in [7, 11) is 0. The van der Waals surface area contributed by atoms with Gasteiger partial charge in [0.15, 0.2) is 0 Å². The number of amides is 1. The normalized spacial score (nSPS) is 15.0. The number of nitrogens with one attached hydrogen (secondary N) is 1. The first-order valence-electron chi connectivity index (χ1n) is 7.09. The minimum atomic E-state index is -4.46. The number of aromatic nitrogens is 2. The predicted molar refractivity (Wildman–Crippen MR) is 79.4 cm³/mol. The molecule has 6 nitrogen and oxygen atoms in total. The van der Waals surface area contributed by atoms with Crippen molar-refractivity contribution >= 4 is 5.91 Å². The van der Waals surface area contributed by atoms with E-state index in [0.717, 1.165) is 6.20 Å². The van der Waals surface area contributed by atoms with Crippen molar-refractivity contribution in [2.45, 2.75) is 32.1 Å². The number of nitrogens with zero attached hydrogens (tertiary/aromatic N) is 4. The molecule has 0 radical (unpaired) electrons. The molecule has 2 rings (SSSR count). The molecule has 1 N–H and O–H groups in total. The second-order valence-corrected chi connectivity index (χ2v) is 5.74. The van der Waals surface area contributed by atoms with Gasteiger partial charge in [0, 0.05) is 24.6 Å². The average Bonchev–Trinajstić information content (AvgIpc) is 2.94. The number of hydrogen-bond donors (Lipinski definition) is 1. The molecule has 1 aromatic heterocycles. The Kier molecular flexibility index (Phi) is 4.68. The smallest absolute Gasteiger partial charge is 0.356 e. The topological polar surface area (TPSA) is 74.0 Å². The summed E-state index contributed by atoms with van der Waals surface area (Å²) in [5, 5.41) is 15.1. The van der Waals surface area contributed by atoms with Gasteiger partial charge in [-0.05, 0) is 32.1 Å². The summed E-state index contributed by atoms with van der Waals surface area (Å²) in [6.45, 7) is 2.57. The van der Waals surface area contributed by atoms with E-state index in [2.05, 4.69) is 16.5 Å². The van der Waals surface area contributed by atoms with Gasteiger partial charge in [-0.3, -0.25) is 9.48 Å². The molecule has 1 aliphatic rings. The van der Waals surface area contributed by atoms with Crippen LogP contribution in [0.15, 0.2) is 36.3 Å². The van der Waals surface area contributed by atoms with Crippen molar-refractivity contribution in [1.82, 2.24) is 20.0 Å². The first-order chi connectivity index (χ1) is 11.1. The highest BCUT2D eigenvalue weighted by atomic mass is 19.4. The lowest BCUT2D eigenvalue weighted by Crippen LogP contribution is -2.40. The highest BCUT2D eigenvalue weighted by molar-refractivity contribution is 5.93. The molecule has 2 heterocycles. The van der Waals surface area contributed by atoms with E-state index in [4.69, 9.17) is 5.26 Å². The third kappa shape index (κ3) is 4.16. The van der Waals surface area contributed by atoms with E-state index < -0.39 is 24.2 Å². The molecule has 0 spiro atoms. The van der Waals surface area contributed by atoms with Crippen molar-refractivity contribution < 1.29 is 18.0 Å². The number of rotatable bonds is 4. The summed E-state index contributed by atoms with van der Waals surface area (Å²) in [6, 6.07) is 3.38. The molecular formula is C15H16F3N5O. The summed E-state index contributed by atoms with van der Waals surface area (Å²) in [5.74, 6) is -0.680. The number of alkyl halides is 3. The summed E-state index contributed by atoms with van der Waals surface area (Å²) < 4.78 is 38.0. The van der Waals surface area contributed by atoms with Crippen LogP contribution in [0.1, 0.15) is 24.3 Å². The zero-order valence-electron chi connectivity index (χ0n) is 13.1. The molecule has 1 aromatic rings. The van der Waals surface area contributed by atoms with Crippen LogP contribution in [0, 0.1) is 11.3 Å². The Hall–Kier alpha value is -2.76. The molecule has 0 saturated heterocycles. The van der Waals surface area contributed by atoms with E-state index in [1.807, 2.05) is 0 Å². The Balaban J connectivity index is 2.04. The first-order valence-corrected chi connectivity index (χ1v) is 7.09. The van der Waals surface area contributed by atoms with E-state index in [1.54, 1.807) is 37.1 Å². The van der Waals surface area contributed by atoms with E-state index in [1.165, 1.54) is 6.07 Å². The summed E-state index contributed by atoms with van der Waals surface area (Å²) in [6.07, 6.45) is 1.61. The minimum absolute atomic E-state index is 0.179. The van der Waals surface area contributed by atoms with Crippen molar-refractivity contribution in [3.63, 3.8) is 0 Å². The van der Waals surface area contributed by atoms with Crippen molar-refractivity contribution in [2.75, 3.05) is 6.54 Å². The van der Waals surface area contributed by atoms with E-state index in [9.17, 15) is 18.0 Å². The number of carbonyl (C=O) groups excluding carboxylic acids is 1. The Morgan fingerprint density at radius 1 is 1.46 bits per heavy atom. The summed E-state index contributed by atoms with van der Waals surface area (Å²) >= 11 is 0. The zero-order chi connectivity index (χ0) is 18.0. The molecule has 0 unspecified atom stereocenters. The van der Waals surface area contributed by atoms with Crippen molar-refractivity contribution in [3.8, 4) is 6.07 Å². The lowest BCUT2D eigenvalue weighted by molar-refractivity contribution is -0.142. The number of halogens is 3. The molecule has 1 amide bonds. The van der Waals surface area contributed by atoms with Gasteiger partial charge in [-0.1, -0.05) is 0 Å². The summed E-state index contributed by atoms with van der Waals surface area (Å²) in [4.78, 5) is 13.9. The molecule has 1 aliphatic heterocycles. The fourth-order valence-electron chi connectivity index (χ4n) is 2.08. The monoisotopic (exact) mass is 339 g/mol. The molecule has 128 valence electrons. The van der Waals surface area contributed by atoms with Gasteiger partial charge >= 0.3 is 6.18 Å². The van der Waals surface area contributed by atoms with Gasteiger partial charge in [0.1, 0.15) is 17.8 Å². The van der Waals surface area contributed by atoms with Crippen molar-refractivity contribution in [3.05, 3.63) is 42.0 Å². The standard InChI is InChI=1S/C15H16F3N5O/c1-14(2,9-19)22-7-4-11(5-8-22)21-13(24)12-3-6-20-23(12)10-15(16,17)18/h3-7H,8,10H2,1-2H3,(H,21,24). The van der Waals surface area contributed by atoms with Gasteiger partial charge in [-0.2, -0.15) is 23.5 Å². The zero-order valence-corrected chi connectivity index (χ0v) is 13.1. The van der Waals surface area contributed by atoms with Crippen LogP contribution in [0.3, 0.4) is 0 Å². The number of nitriles is 1. The van der Waals surface area contributed by atoms with Crippen LogP contribution in [0.2, 0.25) is 0 Å². The molecule has 0 atom stereocenters. The molecular weight excluding hydrogens is 323 g/mol. The van der Waals surface area contributed by atoms with Crippen LogP contribution < -0.4 is 5.32 Å². The Morgan fingerprint density at radius 2 is 2.17 bits per heavy atom. The molecule has 24 heavy (non-hydrogen) atoms. The largest absolute Gasteiger partial charge is 0.408 e. The minimum Gasteiger partial charge on any atom is -0.356 e. The Bertz CT molecular complexity index is 724. The maximum atomic E-state index is 12.5. The van der Waals surface area contributed by atoms with Gasteiger partial charge in [0.25, 0.3) is 5.91 Å². The SMILES string of the molecule is CC(C)(C#N)N1C=CC(NC(=O)c2ccnn2CC(F)(F)F)=CC1. The van der Waals surface area contributed by atoms with Gasteiger partial charge in [0.2, 0.25) is 0 Å². The average molecular weight is 339 g/mol. The fraction of sp³-hybridized carbons (Fsp3) is 0.400. The summed E-state index contributed by atoms with van der Waals surface area (Å²) in [5.41, 5.74) is -0.431. The van der Waals surface area contributed by atoms with E-state index in [0.29, 0.717) is 16.9 Å². The third-order valence-corrected chi connectivity index (χ3v) is 3.47. The van der Waals surface area contributed by atoms with Crippen LogP contribution in [0.25, 0.3) is 0 Å². The van der Waals surface area contributed by atoms with Crippen LogP contribution in [0.5, 0.6) is 0 Å². The molecule has 0 fully saturated rings. The maximum Gasteiger partial charge on any atom is 0.408 e. The Labute approximate surface area is 136 Å². The van der Waals surface area contributed by atoms with Gasteiger partial charge < -0.3 is 10.2 Å². The third-order valence-electron chi connectivity index (χ3n) is 3.47. The van der Waals surface area contributed by atoms with Gasteiger partial charge in [-0.25, -0.2) is 0 Å². The lowest BCUT2D eigenvalue weighted by Gasteiger charge is -2.33. The predicted octanol–water partition coefficient (Wildman–Crippen LogP) is 2.19. The first kappa shape index (κ1) is 17.6. The molecule has 9 heteroatoms. The highest BCUT2D eigenvalue weighted by Gasteiger charge is 2.30. The van der Waals surface area contributed by atoms with E-state index >= 15 is 0 Å². The number of hydrogen-bond acceptors (Lipinski definition) is 4. The van der Waals surface area contributed by atoms with Crippen molar-refractivity contribution in [2.24, 2.45) is 0 Å². The van der Waals surface area contributed by atoms with Gasteiger partial charge in [0.05, 0.1) is 6.07 Å². The quantitative estimate of drug-likeness (QED) is 0.912. The lowest BCUT2D eigenvalue weighted by atomic mass is 10.0. The van der Waals surface area contributed by atoms with Gasteiger partial charge in [-0.15, -0.1) is 0 Å². The second kappa shape index (κ2) is 6.39. The molecule has 0 bridgehead atoms. The second-order valence-electron chi connectivity index (χ2n) is 5.74. The van der Waals surface area contributed by atoms with Crippen molar-refractivity contribution in [1.29, 1.82) is 5.26 Å². The molecule has 0 saturated carbocycles. The highest BCUT2D eigenvalue weighted by Crippen LogP contribution is 2.19. The number of carbonyl (C=O) groups is 1.